The lowest BCUT2D eigenvalue weighted by Crippen LogP contribution is -2.41. The van der Waals surface area contributed by atoms with Crippen LogP contribution < -0.4 is 0 Å². The monoisotopic (exact) mass is 282 g/mol. The van der Waals surface area contributed by atoms with Crippen molar-refractivity contribution in [2.75, 3.05) is 19.6 Å². The Labute approximate surface area is 117 Å². The van der Waals surface area contributed by atoms with Crippen molar-refractivity contribution < 1.29 is 9.18 Å². The number of aromatic nitrogens is 1. The molecule has 0 N–H and O–H groups in total. The van der Waals surface area contributed by atoms with E-state index >= 15 is 0 Å². The second kappa shape index (κ2) is 6.48. The Balaban J connectivity index is 1.84. The Kier molecular flexibility index (Phi) is 4.93. The quantitative estimate of drug-likeness (QED) is 0.795. The molecule has 1 aromatic rings. The molecule has 0 aliphatic carbocycles. The highest BCUT2D eigenvalue weighted by Crippen LogP contribution is 2.24. The average Bonchev–Trinajstić information content (AvgIpc) is 2.36. The largest absolute Gasteiger partial charge is 0.301 e. The van der Waals surface area contributed by atoms with Crippen molar-refractivity contribution in [2.45, 2.75) is 30.8 Å². The SMILES string of the molecule is CC1CN(CCC(=O)c2ccc(F)cn2)CC(C)S1. The van der Waals surface area contributed by atoms with Gasteiger partial charge in [-0.05, 0) is 12.1 Å². The zero-order chi connectivity index (χ0) is 13.8. The number of ketones is 1. The summed E-state index contributed by atoms with van der Waals surface area (Å²) in [6.45, 7) is 7.25. The van der Waals surface area contributed by atoms with Gasteiger partial charge >= 0.3 is 0 Å². The van der Waals surface area contributed by atoms with Crippen LogP contribution in [0.1, 0.15) is 30.8 Å². The van der Waals surface area contributed by atoms with E-state index in [1.54, 1.807) is 0 Å². The lowest BCUT2D eigenvalue weighted by atomic mass is 10.2. The van der Waals surface area contributed by atoms with Crippen LogP contribution >= 0.6 is 11.8 Å². The van der Waals surface area contributed by atoms with Crippen molar-refractivity contribution in [3.8, 4) is 0 Å². The predicted octanol–water partition coefficient (Wildman–Crippen LogP) is 2.62. The summed E-state index contributed by atoms with van der Waals surface area (Å²) in [6.07, 6.45) is 1.54. The molecule has 1 aliphatic rings. The highest BCUT2D eigenvalue weighted by atomic mass is 32.2. The van der Waals surface area contributed by atoms with Crippen LogP contribution in [0.2, 0.25) is 0 Å². The Morgan fingerprint density at radius 1 is 1.42 bits per heavy atom. The molecule has 1 aromatic heterocycles. The summed E-state index contributed by atoms with van der Waals surface area (Å²) in [6, 6.07) is 2.73. The van der Waals surface area contributed by atoms with Gasteiger partial charge in [-0.15, -0.1) is 0 Å². The van der Waals surface area contributed by atoms with Gasteiger partial charge in [-0.2, -0.15) is 11.8 Å². The molecule has 19 heavy (non-hydrogen) atoms. The molecule has 0 saturated carbocycles. The molecule has 1 aliphatic heterocycles. The first-order chi connectivity index (χ1) is 9.04. The molecule has 0 aromatic carbocycles. The number of carbonyl (C=O) groups excluding carboxylic acids is 1. The second-order valence-electron chi connectivity index (χ2n) is 5.05. The van der Waals surface area contributed by atoms with E-state index in [4.69, 9.17) is 0 Å². The molecule has 0 radical (unpaired) electrons. The van der Waals surface area contributed by atoms with Crippen LogP contribution in [-0.4, -0.2) is 45.8 Å². The van der Waals surface area contributed by atoms with Crippen LogP contribution in [0.5, 0.6) is 0 Å². The van der Waals surface area contributed by atoms with Gasteiger partial charge in [0, 0.05) is 36.6 Å². The molecule has 2 atom stereocenters. The lowest BCUT2D eigenvalue weighted by Gasteiger charge is -2.34. The summed E-state index contributed by atoms with van der Waals surface area (Å²) in [5, 5.41) is 1.23. The van der Waals surface area contributed by atoms with Crippen LogP contribution in [0.15, 0.2) is 18.3 Å². The second-order valence-corrected chi connectivity index (χ2v) is 6.93. The molecule has 0 bridgehead atoms. The first kappa shape index (κ1) is 14.5. The summed E-state index contributed by atoms with van der Waals surface area (Å²) in [5.41, 5.74) is 0.355. The molecule has 2 rings (SSSR count). The van der Waals surface area contributed by atoms with Crippen molar-refractivity contribution in [1.82, 2.24) is 9.88 Å². The average molecular weight is 282 g/mol. The Hall–Kier alpha value is -0.940. The number of rotatable bonds is 4. The minimum Gasteiger partial charge on any atom is -0.301 e. The van der Waals surface area contributed by atoms with E-state index in [2.05, 4.69) is 23.7 Å². The van der Waals surface area contributed by atoms with Gasteiger partial charge in [0.05, 0.1) is 6.20 Å². The smallest absolute Gasteiger partial charge is 0.182 e. The van der Waals surface area contributed by atoms with E-state index in [-0.39, 0.29) is 5.78 Å². The third-order valence-corrected chi connectivity index (χ3v) is 4.39. The van der Waals surface area contributed by atoms with Gasteiger partial charge in [-0.25, -0.2) is 4.39 Å². The van der Waals surface area contributed by atoms with Gasteiger partial charge < -0.3 is 4.90 Å². The molecule has 0 amide bonds. The van der Waals surface area contributed by atoms with E-state index < -0.39 is 5.82 Å². The maximum atomic E-state index is 12.7. The molecular weight excluding hydrogens is 263 g/mol. The minimum absolute atomic E-state index is 0.0152. The maximum Gasteiger partial charge on any atom is 0.182 e. The standard InChI is InChI=1S/C14H19FN2OS/c1-10-8-17(9-11(2)19-10)6-5-14(18)13-4-3-12(15)7-16-13/h3-4,7,10-11H,5-6,8-9H2,1-2H3. The molecular formula is C14H19FN2OS. The third kappa shape index (κ3) is 4.28. The zero-order valence-electron chi connectivity index (χ0n) is 11.3. The highest BCUT2D eigenvalue weighted by molar-refractivity contribution is 8.00. The summed E-state index contributed by atoms with van der Waals surface area (Å²) in [5.74, 6) is -0.425. The molecule has 5 heteroatoms. The van der Waals surface area contributed by atoms with Crippen molar-refractivity contribution in [3.05, 3.63) is 29.8 Å². The number of hydrogen-bond acceptors (Lipinski definition) is 4. The van der Waals surface area contributed by atoms with Gasteiger partial charge in [0.2, 0.25) is 0 Å². The van der Waals surface area contributed by atoms with Crippen LogP contribution in [0.3, 0.4) is 0 Å². The molecule has 0 spiro atoms. The van der Waals surface area contributed by atoms with E-state index in [0.717, 1.165) is 25.8 Å². The highest BCUT2D eigenvalue weighted by Gasteiger charge is 2.22. The van der Waals surface area contributed by atoms with Crippen LogP contribution in [0.25, 0.3) is 0 Å². The number of carbonyl (C=O) groups is 1. The Morgan fingerprint density at radius 2 is 2.11 bits per heavy atom. The minimum atomic E-state index is -0.410. The van der Waals surface area contributed by atoms with Crippen LogP contribution in [-0.2, 0) is 0 Å². The Bertz CT molecular complexity index is 428. The molecule has 3 nitrogen and oxygen atoms in total. The first-order valence-corrected chi connectivity index (χ1v) is 7.51. The summed E-state index contributed by atoms with van der Waals surface area (Å²) in [4.78, 5) is 18.1. The van der Waals surface area contributed by atoms with Crippen molar-refractivity contribution in [1.29, 1.82) is 0 Å². The molecule has 2 heterocycles. The van der Waals surface area contributed by atoms with Gasteiger partial charge in [0.25, 0.3) is 0 Å². The van der Waals surface area contributed by atoms with Crippen LogP contribution in [0.4, 0.5) is 4.39 Å². The number of pyridine rings is 1. The number of halogens is 1. The van der Waals surface area contributed by atoms with Crippen molar-refractivity contribution >= 4 is 17.5 Å². The number of Topliss-reactive ketones (excluding diaryl/α,β-unsaturated/α-hetero) is 1. The first-order valence-electron chi connectivity index (χ1n) is 6.57. The fourth-order valence-corrected chi connectivity index (χ4v) is 3.78. The predicted molar refractivity (Wildman–Crippen MR) is 76.1 cm³/mol. The van der Waals surface area contributed by atoms with Crippen molar-refractivity contribution in [3.63, 3.8) is 0 Å². The Morgan fingerprint density at radius 3 is 2.68 bits per heavy atom. The number of nitrogens with zero attached hydrogens (tertiary/aromatic N) is 2. The van der Waals surface area contributed by atoms with Crippen LogP contribution in [0, 0.1) is 5.82 Å². The lowest BCUT2D eigenvalue weighted by molar-refractivity contribution is 0.0958. The van der Waals surface area contributed by atoms with Gasteiger partial charge in [-0.1, -0.05) is 13.8 Å². The normalized spacial score (nSPS) is 24.4. The summed E-state index contributed by atoms with van der Waals surface area (Å²) in [7, 11) is 0. The molecule has 1 saturated heterocycles. The maximum absolute atomic E-state index is 12.7. The molecule has 104 valence electrons. The molecule has 2 unspecified atom stereocenters. The zero-order valence-corrected chi connectivity index (χ0v) is 12.1. The number of hydrogen-bond donors (Lipinski definition) is 0. The van der Waals surface area contributed by atoms with Gasteiger partial charge in [-0.3, -0.25) is 9.78 Å². The van der Waals surface area contributed by atoms with E-state index in [1.807, 2.05) is 11.8 Å². The summed E-state index contributed by atoms with van der Waals surface area (Å²) < 4.78 is 12.7. The van der Waals surface area contributed by atoms with E-state index in [1.165, 1.54) is 12.1 Å². The fourth-order valence-electron chi connectivity index (χ4n) is 2.40. The van der Waals surface area contributed by atoms with E-state index in [9.17, 15) is 9.18 Å². The molecule has 1 fully saturated rings. The van der Waals surface area contributed by atoms with Gasteiger partial charge in [0.1, 0.15) is 11.5 Å². The van der Waals surface area contributed by atoms with Gasteiger partial charge in [0.15, 0.2) is 5.78 Å². The summed E-state index contributed by atoms with van der Waals surface area (Å²) >= 11 is 2.00. The fraction of sp³-hybridized carbons (Fsp3) is 0.571. The topological polar surface area (TPSA) is 33.2 Å². The van der Waals surface area contributed by atoms with Crippen molar-refractivity contribution in [2.24, 2.45) is 0 Å². The number of thioether (sulfide) groups is 1. The van der Waals surface area contributed by atoms with E-state index in [0.29, 0.717) is 22.6 Å². The third-order valence-electron chi connectivity index (χ3n) is 3.16.